The van der Waals surface area contributed by atoms with E-state index < -0.39 is 17.9 Å². The molecule has 19 heavy (non-hydrogen) atoms. The van der Waals surface area contributed by atoms with Crippen LogP contribution < -0.4 is 4.90 Å². The van der Waals surface area contributed by atoms with Gasteiger partial charge in [0.05, 0.1) is 16.5 Å². The second-order valence-corrected chi connectivity index (χ2v) is 4.65. The number of carboxylic acids is 2. The van der Waals surface area contributed by atoms with E-state index >= 15 is 0 Å². The van der Waals surface area contributed by atoms with Gasteiger partial charge < -0.3 is 15.1 Å². The Bertz CT molecular complexity index is 490. The van der Waals surface area contributed by atoms with Crippen molar-refractivity contribution in [2.75, 3.05) is 18.0 Å². The molecule has 0 saturated carbocycles. The molecular weight excluding hydrogens is 270 g/mol. The first-order chi connectivity index (χ1) is 8.86. The SMILES string of the molecule is CCN(CC(C)C(=O)O)c1ccc(Cl)c(C(=O)O)c1. The fraction of sp³-hybridized carbons (Fsp3) is 0.385. The Morgan fingerprint density at radius 1 is 1.37 bits per heavy atom. The van der Waals surface area contributed by atoms with Crippen molar-refractivity contribution in [3.05, 3.63) is 28.8 Å². The number of hydrogen-bond acceptors (Lipinski definition) is 3. The van der Waals surface area contributed by atoms with E-state index in [0.29, 0.717) is 18.8 Å². The molecule has 1 rings (SSSR count). The number of benzene rings is 1. The molecule has 0 amide bonds. The molecular formula is C13H16ClNO4. The molecule has 0 aliphatic carbocycles. The molecule has 0 saturated heterocycles. The predicted octanol–water partition coefficient (Wildman–Crippen LogP) is 2.59. The van der Waals surface area contributed by atoms with Gasteiger partial charge >= 0.3 is 11.9 Å². The molecule has 0 aliphatic heterocycles. The lowest BCUT2D eigenvalue weighted by molar-refractivity contribution is -0.140. The van der Waals surface area contributed by atoms with Crippen LogP contribution in [0, 0.1) is 5.92 Å². The van der Waals surface area contributed by atoms with Gasteiger partial charge in [0.15, 0.2) is 0 Å². The van der Waals surface area contributed by atoms with Crippen molar-refractivity contribution in [1.82, 2.24) is 0 Å². The van der Waals surface area contributed by atoms with E-state index in [9.17, 15) is 9.59 Å². The van der Waals surface area contributed by atoms with Gasteiger partial charge in [0.2, 0.25) is 0 Å². The standard InChI is InChI=1S/C13H16ClNO4/c1-3-15(7-8(2)12(16)17)9-4-5-11(14)10(6-9)13(18)19/h4-6,8H,3,7H2,1-2H3,(H,16,17)(H,18,19). The quantitative estimate of drug-likeness (QED) is 0.840. The second kappa shape index (κ2) is 6.43. The maximum absolute atomic E-state index is 11.0. The topological polar surface area (TPSA) is 77.8 Å². The number of aliphatic carboxylic acids is 1. The van der Waals surface area contributed by atoms with E-state index in [-0.39, 0.29) is 10.6 Å². The van der Waals surface area contributed by atoms with Crippen molar-refractivity contribution in [2.45, 2.75) is 13.8 Å². The highest BCUT2D eigenvalue weighted by molar-refractivity contribution is 6.33. The summed E-state index contributed by atoms with van der Waals surface area (Å²) in [5, 5.41) is 18.1. The van der Waals surface area contributed by atoms with E-state index in [1.807, 2.05) is 11.8 Å². The van der Waals surface area contributed by atoms with Gasteiger partial charge in [-0.1, -0.05) is 18.5 Å². The Balaban J connectivity index is 3.02. The summed E-state index contributed by atoms with van der Waals surface area (Å²) in [6.45, 7) is 4.38. The number of rotatable bonds is 6. The maximum atomic E-state index is 11.0. The van der Waals surface area contributed by atoms with Crippen molar-refractivity contribution in [1.29, 1.82) is 0 Å². The third-order valence-corrected chi connectivity index (χ3v) is 3.17. The Morgan fingerprint density at radius 3 is 2.47 bits per heavy atom. The predicted molar refractivity (Wildman–Crippen MR) is 73.1 cm³/mol. The highest BCUT2D eigenvalue weighted by Crippen LogP contribution is 2.24. The molecule has 5 nitrogen and oxygen atoms in total. The molecule has 0 aromatic heterocycles. The molecule has 1 unspecified atom stereocenters. The lowest BCUT2D eigenvalue weighted by Gasteiger charge is -2.25. The summed E-state index contributed by atoms with van der Waals surface area (Å²) < 4.78 is 0. The lowest BCUT2D eigenvalue weighted by Crippen LogP contribution is -2.31. The fourth-order valence-corrected chi connectivity index (χ4v) is 1.90. The highest BCUT2D eigenvalue weighted by Gasteiger charge is 2.17. The highest BCUT2D eigenvalue weighted by atomic mass is 35.5. The average molecular weight is 286 g/mol. The molecule has 0 radical (unpaired) electrons. The number of halogens is 1. The van der Waals surface area contributed by atoms with Crippen molar-refractivity contribution in [3.63, 3.8) is 0 Å². The van der Waals surface area contributed by atoms with E-state index in [1.165, 1.54) is 12.1 Å². The van der Waals surface area contributed by atoms with Crippen LogP contribution >= 0.6 is 11.6 Å². The van der Waals surface area contributed by atoms with Crippen molar-refractivity contribution < 1.29 is 19.8 Å². The normalized spacial score (nSPS) is 11.9. The molecule has 0 bridgehead atoms. The van der Waals surface area contributed by atoms with Gasteiger partial charge in [0.1, 0.15) is 0 Å². The molecule has 1 aromatic carbocycles. The van der Waals surface area contributed by atoms with Crippen LogP contribution in [0.25, 0.3) is 0 Å². The summed E-state index contributed by atoms with van der Waals surface area (Å²) >= 11 is 5.80. The summed E-state index contributed by atoms with van der Waals surface area (Å²) in [6, 6.07) is 4.66. The summed E-state index contributed by atoms with van der Waals surface area (Å²) in [5.41, 5.74) is 0.665. The first kappa shape index (κ1) is 15.3. The second-order valence-electron chi connectivity index (χ2n) is 4.25. The number of carbonyl (C=O) groups is 2. The maximum Gasteiger partial charge on any atom is 0.337 e. The molecule has 104 valence electrons. The Morgan fingerprint density at radius 2 is 2.00 bits per heavy atom. The average Bonchev–Trinajstić information content (AvgIpc) is 2.35. The Kier molecular flexibility index (Phi) is 5.18. The largest absolute Gasteiger partial charge is 0.481 e. The zero-order valence-corrected chi connectivity index (χ0v) is 11.5. The number of hydrogen-bond donors (Lipinski definition) is 2. The van der Waals surface area contributed by atoms with E-state index in [0.717, 1.165) is 0 Å². The molecule has 0 fully saturated rings. The molecule has 0 aliphatic rings. The number of carboxylic acid groups (broad SMARTS) is 2. The molecule has 0 heterocycles. The zero-order chi connectivity index (χ0) is 14.6. The summed E-state index contributed by atoms with van der Waals surface area (Å²) in [6.07, 6.45) is 0. The third kappa shape index (κ3) is 3.86. The number of aromatic carboxylic acids is 1. The molecule has 2 N–H and O–H groups in total. The minimum atomic E-state index is -1.10. The van der Waals surface area contributed by atoms with Crippen LogP contribution in [0.1, 0.15) is 24.2 Å². The van der Waals surface area contributed by atoms with Gasteiger partial charge in [0.25, 0.3) is 0 Å². The molecule has 1 aromatic rings. The van der Waals surface area contributed by atoms with E-state index in [2.05, 4.69) is 0 Å². The molecule has 6 heteroatoms. The van der Waals surface area contributed by atoms with Crippen molar-refractivity contribution in [3.8, 4) is 0 Å². The van der Waals surface area contributed by atoms with Crippen LogP contribution in [0.4, 0.5) is 5.69 Å². The van der Waals surface area contributed by atoms with Crippen LogP contribution in [-0.4, -0.2) is 35.2 Å². The number of nitrogens with zero attached hydrogens (tertiary/aromatic N) is 1. The Hall–Kier alpha value is -1.75. The van der Waals surface area contributed by atoms with Crippen molar-refractivity contribution >= 4 is 29.2 Å². The summed E-state index contributed by atoms with van der Waals surface area (Å²) in [7, 11) is 0. The van der Waals surface area contributed by atoms with E-state index in [4.69, 9.17) is 21.8 Å². The first-order valence-electron chi connectivity index (χ1n) is 5.87. The van der Waals surface area contributed by atoms with Gasteiger partial charge in [-0.05, 0) is 25.1 Å². The van der Waals surface area contributed by atoms with Crippen LogP contribution in [0.5, 0.6) is 0 Å². The van der Waals surface area contributed by atoms with Crippen LogP contribution in [0.3, 0.4) is 0 Å². The first-order valence-corrected chi connectivity index (χ1v) is 6.25. The lowest BCUT2D eigenvalue weighted by atomic mass is 10.1. The number of anilines is 1. The third-order valence-electron chi connectivity index (χ3n) is 2.84. The van der Waals surface area contributed by atoms with Crippen LogP contribution in [0.2, 0.25) is 5.02 Å². The minimum Gasteiger partial charge on any atom is -0.481 e. The van der Waals surface area contributed by atoms with E-state index in [1.54, 1.807) is 13.0 Å². The van der Waals surface area contributed by atoms with Gasteiger partial charge in [0, 0.05) is 18.8 Å². The Labute approximate surface area is 116 Å². The monoisotopic (exact) mass is 285 g/mol. The fourth-order valence-electron chi connectivity index (χ4n) is 1.70. The minimum absolute atomic E-state index is 0.0144. The van der Waals surface area contributed by atoms with Gasteiger partial charge in [-0.3, -0.25) is 4.79 Å². The zero-order valence-electron chi connectivity index (χ0n) is 10.8. The van der Waals surface area contributed by atoms with Crippen LogP contribution in [0.15, 0.2) is 18.2 Å². The smallest absolute Gasteiger partial charge is 0.337 e. The van der Waals surface area contributed by atoms with Gasteiger partial charge in [-0.2, -0.15) is 0 Å². The molecule has 0 spiro atoms. The molecule has 1 atom stereocenters. The summed E-state index contributed by atoms with van der Waals surface area (Å²) in [5.74, 6) is -2.52. The van der Waals surface area contributed by atoms with Crippen molar-refractivity contribution in [2.24, 2.45) is 5.92 Å². The van der Waals surface area contributed by atoms with Gasteiger partial charge in [-0.25, -0.2) is 4.79 Å². The summed E-state index contributed by atoms with van der Waals surface area (Å²) in [4.78, 5) is 23.7. The van der Waals surface area contributed by atoms with Gasteiger partial charge in [-0.15, -0.1) is 0 Å². The van der Waals surface area contributed by atoms with Crippen LogP contribution in [-0.2, 0) is 4.79 Å².